The number of nitrogens with one attached hydrogen (secondary N) is 1. The van der Waals surface area contributed by atoms with Crippen LogP contribution in [-0.4, -0.2) is 17.4 Å². The zero-order valence-electron chi connectivity index (χ0n) is 10.4. The third kappa shape index (κ3) is 2.07. The van der Waals surface area contributed by atoms with Crippen molar-refractivity contribution in [1.82, 2.24) is 4.98 Å². The topological polar surface area (TPSA) is 65.9 Å². The highest BCUT2D eigenvalue weighted by Crippen LogP contribution is 2.27. The molecule has 0 amide bonds. The molecular formula is C14H14N2O2. The number of benzene rings is 1. The van der Waals surface area contributed by atoms with Crippen molar-refractivity contribution in [2.24, 2.45) is 0 Å². The Morgan fingerprint density at radius 2 is 2.28 bits per heavy atom. The molecule has 4 heteroatoms. The van der Waals surface area contributed by atoms with E-state index in [2.05, 4.69) is 4.98 Å². The molecule has 2 rings (SSSR count). The summed E-state index contributed by atoms with van der Waals surface area (Å²) in [5.41, 5.74) is 2.27. The first-order valence-corrected chi connectivity index (χ1v) is 5.82. The molecular weight excluding hydrogens is 228 g/mol. The molecule has 18 heavy (non-hydrogen) atoms. The number of aromatic amines is 1. The summed E-state index contributed by atoms with van der Waals surface area (Å²) in [6.07, 6.45) is -0.105. The Balaban J connectivity index is 2.57. The highest BCUT2D eigenvalue weighted by atomic mass is 16.5. The van der Waals surface area contributed by atoms with Crippen LogP contribution < -0.4 is 4.74 Å². The molecule has 0 saturated heterocycles. The lowest BCUT2D eigenvalue weighted by Gasteiger charge is -2.03. The Bertz CT molecular complexity index is 635. The van der Waals surface area contributed by atoms with Crippen LogP contribution in [0.4, 0.5) is 0 Å². The lowest BCUT2D eigenvalue weighted by atomic mass is 10.0. The largest absolute Gasteiger partial charge is 0.494 e. The zero-order chi connectivity index (χ0) is 13.1. The van der Waals surface area contributed by atoms with Gasteiger partial charge in [0, 0.05) is 22.2 Å². The van der Waals surface area contributed by atoms with E-state index in [0.717, 1.165) is 22.3 Å². The van der Waals surface area contributed by atoms with E-state index in [1.165, 1.54) is 0 Å². The molecule has 0 unspecified atom stereocenters. The normalized spacial score (nSPS) is 10.3. The number of fused-ring (bicyclic) bond motifs is 1. The summed E-state index contributed by atoms with van der Waals surface area (Å²) in [5, 5.41) is 9.45. The average molecular weight is 242 g/mol. The SMILES string of the molecule is CCOc1ccc2[nH]c(C)c(C(=O)CC#N)c2c1. The number of H-pyrrole nitrogens is 1. The smallest absolute Gasteiger partial charge is 0.179 e. The van der Waals surface area contributed by atoms with Crippen molar-refractivity contribution in [2.45, 2.75) is 20.3 Å². The van der Waals surface area contributed by atoms with E-state index in [1.54, 1.807) is 0 Å². The molecule has 1 aromatic carbocycles. The van der Waals surface area contributed by atoms with Crippen LogP contribution in [0.1, 0.15) is 29.4 Å². The minimum Gasteiger partial charge on any atom is -0.494 e. The highest BCUT2D eigenvalue weighted by Gasteiger charge is 2.16. The van der Waals surface area contributed by atoms with Crippen LogP contribution in [0.25, 0.3) is 10.9 Å². The molecule has 4 nitrogen and oxygen atoms in total. The third-order valence-electron chi connectivity index (χ3n) is 2.79. The van der Waals surface area contributed by atoms with Gasteiger partial charge in [0.2, 0.25) is 0 Å². The summed E-state index contributed by atoms with van der Waals surface area (Å²) in [6.45, 7) is 4.33. The molecule has 1 N–H and O–H groups in total. The number of carbonyl (C=O) groups excluding carboxylic acids is 1. The Labute approximate surface area is 105 Å². The summed E-state index contributed by atoms with van der Waals surface area (Å²) in [4.78, 5) is 15.1. The first kappa shape index (κ1) is 12.2. The predicted octanol–water partition coefficient (Wildman–Crippen LogP) is 2.97. The summed E-state index contributed by atoms with van der Waals surface area (Å²) in [7, 11) is 0. The fraction of sp³-hybridized carbons (Fsp3) is 0.286. The number of nitrogens with zero attached hydrogens (tertiary/aromatic N) is 1. The van der Waals surface area contributed by atoms with Gasteiger partial charge in [0.05, 0.1) is 19.1 Å². The number of aryl methyl sites for hydroxylation is 1. The minimum atomic E-state index is -0.158. The first-order valence-electron chi connectivity index (χ1n) is 5.82. The molecule has 0 spiro atoms. The van der Waals surface area contributed by atoms with E-state index in [0.29, 0.717) is 12.2 Å². The van der Waals surface area contributed by atoms with Gasteiger partial charge in [-0.25, -0.2) is 0 Å². The Morgan fingerprint density at radius 3 is 2.94 bits per heavy atom. The monoisotopic (exact) mass is 242 g/mol. The maximum absolute atomic E-state index is 11.9. The quantitative estimate of drug-likeness (QED) is 0.838. The van der Waals surface area contributed by atoms with Gasteiger partial charge in [0.1, 0.15) is 5.75 Å². The number of ether oxygens (including phenoxy) is 1. The molecule has 0 aliphatic rings. The molecule has 1 aromatic heterocycles. The molecule has 2 aromatic rings. The van der Waals surface area contributed by atoms with Crippen molar-refractivity contribution in [2.75, 3.05) is 6.61 Å². The summed E-state index contributed by atoms with van der Waals surface area (Å²) < 4.78 is 5.43. The number of ketones is 1. The molecule has 0 saturated carbocycles. The third-order valence-corrected chi connectivity index (χ3v) is 2.79. The Morgan fingerprint density at radius 1 is 1.50 bits per heavy atom. The van der Waals surface area contributed by atoms with Crippen LogP contribution in [0.2, 0.25) is 0 Å². The summed E-state index contributed by atoms with van der Waals surface area (Å²) in [6, 6.07) is 7.48. The molecule has 0 atom stereocenters. The van der Waals surface area contributed by atoms with Gasteiger partial charge in [-0.15, -0.1) is 0 Å². The van der Waals surface area contributed by atoms with Crippen LogP contribution >= 0.6 is 0 Å². The van der Waals surface area contributed by atoms with Gasteiger partial charge >= 0.3 is 0 Å². The lowest BCUT2D eigenvalue weighted by molar-refractivity contribution is 0.0999. The van der Waals surface area contributed by atoms with E-state index in [4.69, 9.17) is 10.00 Å². The van der Waals surface area contributed by atoms with Crippen molar-refractivity contribution >= 4 is 16.7 Å². The molecule has 0 bridgehead atoms. The van der Waals surface area contributed by atoms with Gasteiger partial charge < -0.3 is 9.72 Å². The maximum atomic E-state index is 11.9. The van der Waals surface area contributed by atoms with Crippen molar-refractivity contribution in [3.63, 3.8) is 0 Å². The number of hydrogen-bond acceptors (Lipinski definition) is 3. The number of rotatable bonds is 4. The van der Waals surface area contributed by atoms with Crippen molar-refractivity contribution in [3.05, 3.63) is 29.5 Å². The van der Waals surface area contributed by atoms with Gasteiger partial charge in [-0.3, -0.25) is 4.79 Å². The fourth-order valence-electron chi connectivity index (χ4n) is 2.08. The number of hydrogen-bond donors (Lipinski definition) is 1. The van der Waals surface area contributed by atoms with Crippen LogP contribution in [0.3, 0.4) is 0 Å². The maximum Gasteiger partial charge on any atom is 0.179 e. The second kappa shape index (κ2) is 4.92. The van der Waals surface area contributed by atoms with Gasteiger partial charge in [0.15, 0.2) is 5.78 Å². The second-order valence-electron chi connectivity index (χ2n) is 4.02. The predicted molar refractivity (Wildman–Crippen MR) is 68.8 cm³/mol. The standard InChI is InChI=1S/C14H14N2O2/c1-3-18-10-4-5-12-11(8-10)14(9(2)16-12)13(17)6-7-15/h4-5,8,16H,3,6H2,1-2H3. The van der Waals surface area contributed by atoms with E-state index in [9.17, 15) is 4.79 Å². The molecule has 0 aliphatic heterocycles. The summed E-state index contributed by atoms with van der Waals surface area (Å²) >= 11 is 0. The molecule has 1 heterocycles. The molecule has 0 radical (unpaired) electrons. The number of nitriles is 1. The Kier molecular flexibility index (Phi) is 3.33. The lowest BCUT2D eigenvalue weighted by Crippen LogP contribution is -1.98. The number of carbonyl (C=O) groups is 1. The van der Waals surface area contributed by atoms with E-state index in [-0.39, 0.29) is 12.2 Å². The van der Waals surface area contributed by atoms with Crippen LogP contribution in [0.15, 0.2) is 18.2 Å². The first-order chi connectivity index (χ1) is 8.67. The van der Waals surface area contributed by atoms with Crippen LogP contribution in [0.5, 0.6) is 5.75 Å². The van der Waals surface area contributed by atoms with Crippen molar-refractivity contribution in [3.8, 4) is 11.8 Å². The number of aromatic nitrogens is 1. The summed E-state index contributed by atoms with van der Waals surface area (Å²) in [5.74, 6) is 0.574. The molecule has 0 fully saturated rings. The van der Waals surface area contributed by atoms with E-state index < -0.39 is 0 Å². The molecule has 92 valence electrons. The average Bonchev–Trinajstić information content (AvgIpc) is 2.65. The van der Waals surface area contributed by atoms with Crippen LogP contribution in [-0.2, 0) is 0 Å². The van der Waals surface area contributed by atoms with Crippen LogP contribution in [0, 0.1) is 18.3 Å². The van der Waals surface area contributed by atoms with Gasteiger partial charge in [-0.2, -0.15) is 5.26 Å². The van der Waals surface area contributed by atoms with Gasteiger partial charge in [-0.05, 0) is 32.0 Å². The van der Waals surface area contributed by atoms with Gasteiger partial charge in [0.25, 0.3) is 0 Å². The Hall–Kier alpha value is -2.28. The number of Topliss-reactive ketones (excluding diaryl/α,β-unsaturated/α-hetero) is 1. The van der Waals surface area contributed by atoms with E-state index >= 15 is 0 Å². The van der Waals surface area contributed by atoms with Crippen molar-refractivity contribution < 1.29 is 9.53 Å². The second-order valence-corrected chi connectivity index (χ2v) is 4.02. The molecule has 0 aliphatic carbocycles. The minimum absolute atomic E-state index is 0.105. The van der Waals surface area contributed by atoms with E-state index in [1.807, 2.05) is 38.1 Å². The fourth-order valence-corrected chi connectivity index (χ4v) is 2.08. The zero-order valence-corrected chi connectivity index (χ0v) is 10.4. The van der Waals surface area contributed by atoms with Crippen molar-refractivity contribution in [1.29, 1.82) is 5.26 Å². The highest BCUT2D eigenvalue weighted by molar-refractivity contribution is 6.10. The van der Waals surface area contributed by atoms with Gasteiger partial charge in [-0.1, -0.05) is 0 Å².